The van der Waals surface area contributed by atoms with E-state index in [2.05, 4.69) is 66.7 Å². The summed E-state index contributed by atoms with van der Waals surface area (Å²) in [4.78, 5) is 31.7. The van der Waals surface area contributed by atoms with E-state index in [1.807, 2.05) is 28.7 Å². The number of hydrogen-bond donors (Lipinski definition) is 3. The Kier molecular flexibility index (Phi) is 6.77. The molecule has 0 radical (unpaired) electrons. The second kappa shape index (κ2) is 10.5. The van der Waals surface area contributed by atoms with Crippen LogP contribution in [-0.4, -0.2) is 95.1 Å². The lowest BCUT2D eigenvalue weighted by Crippen LogP contribution is -2.48. The molecule has 6 rings (SSSR count). The van der Waals surface area contributed by atoms with Gasteiger partial charge in [0.1, 0.15) is 5.65 Å². The minimum absolute atomic E-state index is 0.0205. The fourth-order valence-corrected chi connectivity index (χ4v) is 5.72. The zero-order chi connectivity index (χ0) is 25.2. The van der Waals surface area contributed by atoms with E-state index < -0.39 is 0 Å². The minimum Gasteiger partial charge on any atom is -0.355 e. The van der Waals surface area contributed by atoms with Gasteiger partial charge in [0.15, 0.2) is 0 Å². The van der Waals surface area contributed by atoms with E-state index in [9.17, 15) is 4.79 Å². The molecule has 1 saturated heterocycles. The van der Waals surface area contributed by atoms with Crippen LogP contribution in [0, 0.1) is 0 Å². The van der Waals surface area contributed by atoms with Gasteiger partial charge in [-0.3, -0.25) is 4.90 Å². The van der Waals surface area contributed by atoms with Gasteiger partial charge in [-0.15, -0.1) is 11.3 Å². The second-order valence-corrected chi connectivity index (χ2v) is 10.7. The molecule has 0 saturated carbocycles. The van der Waals surface area contributed by atoms with Crippen LogP contribution in [0.2, 0.25) is 0 Å². The summed E-state index contributed by atoms with van der Waals surface area (Å²) in [5.74, 6) is 0. The van der Waals surface area contributed by atoms with Crippen molar-refractivity contribution in [3.05, 3.63) is 53.8 Å². The maximum atomic E-state index is 12.7. The number of aromatic amines is 1. The van der Waals surface area contributed by atoms with Gasteiger partial charge in [0.05, 0.1) is 21.4 Å². The number of anilines is 2. The summed E-state index contributed by atoms with van der Waals surface area (Å²) < 4.78 is 1.16. The van der Waals surface area contributed by atoms with Gasteiger partial charge < -0.3 is 25.4 Å². The molecule has 2 aliphatic heterocycles. The Labute approximate surface area is 220 Å². The van der Waals surface area contributed by atoms with Gasteiger partial charge in [-0.1, -0.05) is 6.08 Å². The number of carbonyl (C=O) groups excluding carboxylic acids is 1. The number of thiazole rings is 1. The molecular formula is C27H32N8OS. The van der Waals surface area contributed by atoms with E-state index in [4.69, 9.17) is 0 Å². The van der Waals surface area contributed by atoms with Gasteiger partial charge in [0.25, 0.3) is 0 Å². The summed E-state index contributed by atoms with van der Waals surface area (Å²) in [5, 5.41) is 7.69. The number of carbonyl (C=O) groups is 1. The van der Waals surface area contributed by atoms with Gasteiger partial charge in [0.2, 0.25) is 0 Å². The third-order valence-electron chi connectivity index (χ3n) is 7.28. The molecule has 2 amide bonds. The molecule has 4 aromatic rings. The van der Waals surface area contributed by atoms with Crippen LogP contribution < -0.4 is 10.6 Å². The zero-order valence-corrected chi connectivity index (χ0v) is 21.9. The Morgan fingerprint density at radius 1 is 1.11 bits per heavy atom. The highest BCUT2D eigenvalue weighted by molar-refractivity contribution is 7.16. The molecule has 9 nitrogen and oxygen atoms in total. The maximum absolute atomic E-state index is 12.7. The Hall–Kier alpha value is -3.47. The van der Waals surface area contributed by atoms with Crippen LogP contribution in [0.15, 0.2) is 48.1 Å². The number of amides is 2. The number of likely N-dealkylation sites (N-methyl/N-ethyl adjacent to an activating group) is 1. The maximum Gasteiger partial charge on any atom is 0.317 e. The standard InChI is InChI=1S/C27H32N8OS/c1-33-12-14-34(15-13-33)11-8-29-27(36)35-9-5-19(6-10-35)24-17-21-22(4-7-28-26(21)32-24)31-20-2-3-23-25(16-20)37-18-30-23/h2-5,7,16-18H,6,8-15H2,1H3,(H,29,36)(H2,28,31,32). The van der Waals surface area contributed by atoms with Crippen LogP contribution in [-0.2, 0) is 0 Å². The van der Waals surface area contributed by atoms with Crippen molar-refractivity contribution in [2.45, 2.75) is 6.42 Å². The molecule has 0 unspecified atom stereocenters. The number of nitrogens with one attached hydrogen (secondary N) is 3. The van der Waals surface area contributed by atoms with Crippen molar-refractivity contribution in [3.8, 4) is 0 Å². The van der Waals surface area contributed by atoms with Crippen LogP contribution in [0.5, 0.6) is 0 Å². The quantitative estimate of drug-likeness (QED) is 0.359. The predicted molar refractivity (Wildman–Crippen MR) is 150 cm³/mol. The number of urea groups is 1. The number of hydrogen-bond acceptors (Lipinski definition) is 7. The highest BCUT2D eigenvalue weighted by Gasteiger charge is 2.20. The Morgan fingerprint density at radius 2 is 2.00 bits per heavy atom. The lowest BCUT2D eigenvalue weighted by molar-refractivity contribution is 0.153. The van der Waals surface area contributed by atoms with E-state index in [1.54, 1.807) is 11.3 Å². The second-order valence-electron chi connectivity index (χ2n) is 9.77. The van der Waals surface area contributed by atoms with Crippen molar-refractivity contribution in [1.29, 1.82) is 0 Å². The Balaban J connectivity index is 1.08. The summed E-state index contributed by atoms with van der Waals surface area (Å²) in [7, 11) is 2.16. The molecule has 192 valence electrons. The highest BCUT2D eigenvalue weighted by atomic mass is 32.1. The van der Waals surface area contributed by atoms with E-state index >= 15 is 0 Å². The van der Waals surface area contributed by atoms with Crippen molar-refractivity contribution < 1.29 is 4.79 Å². The fraction of sp³-hybridized carbons (Fsp3) is 0.370. The molecular weight excluding hydrogens is 484 g/mol. The first-order valence-electron chi connectivity index (χ1n) is 12.8. The Bertz CT molecular complexity index is 1430. The molecule has 0 atom stereocenters. The van der Waals surface area contributed by atoms with Crippen molar-refractivity contribution in [3.63, 3.8) is 0 Å². The summed E-state index contributed by atoms with van der Waals surface area (Å²) in [6.45, 7) is 7.24. The van der Waals surface area contributed by atoms with Crippen LogP contribution >= 0.6 is 11.3 Å². The molecule has 37 heavy (non-hydrogen) atoms. The molecule has 3 aromatic heterocycles. The summed E-state index contributed by atoms with van der Waals surface area (Å²) in [6.07, 6.45) is 4.78. The molecule has 2 aliphatic rings. The first kappa shape index (κ1) is 23.9. The predicted octanol–water partition coefficient (Wildman–Crippen LogP) is 3.96. The molecule has 0 bridgehead atoms. The third-order valence-corrected chi connectivity index (χ3v) is 8.08. The number of piperazine rings is 1. The van der Waals surface area contributed by atoms with Crippen LogP contribution in [0.3, 0.4) is 0 Å². The molecule has 3 N–H and O–H groups in total. The van der Waals surface area contributed by atoms with Gasteiger partial charge in [-0.2, -0.15) is 0 Å². The number of rotatable bonds is 6. The summed E-state index contributed by atoms with van der Waals surface area (Å²) in [6, 6.07) is 10.4. The summed E-state index contributed by atoms with van der Waals surface area (Å²) >= 11 is 1.64. The average molecular weight is 517 g/mol. The molecule has 1 aromatic carbocycles. The third kappa shape index (κ3) is 5.31. The van der Waals surface area contributed by atoms with E-state index in [0.717, 1.165) is 77.5 Å². The van der Waals surface area contributed by atoms with E-state index in [-0.39, 0.29) is 6.03 Å². The smallest absolute Gasteiger partial charge is 0.317 e. The molecule has 0 spiro atoms. The lowest BCUT2D eigenvalue weighted by atomic mass is 10.0. The van der Waals surface area contributed by atoms with Crippen LogP contribution in [0.4, 0.5) is 16.2 Å². The SMILES string of the molecule is CN1CCN(CCNC(=O)N2CC=C(c3cc4c(Nc5ccc6ncsc6c5)ccnc4[nH]3)CC2)CC1. The summed E-state index contributed by atoms with van der Waals surface area (Å²) in [5.41, 5.74) is 8.05. The van der Waals surface area contributed by atoms with Crippen molar-refractivity contribution >= 4 is 55.6 Å². The van der Waals surface area contributed by atoms with Crippen molar-refractivity contribution in [2.75, 3.05) is 64.7 Å². The molecule has 10 heteroatoms. The number of fused-ring (bicyclic) bond motifs is 2. The lowest BCUT2D eigenvalue weighted by Gasteiger charge is -2.32. The van der Waals surface area contributed by atoms with Crippen molar-refractivity contribution in [1.82, 2.24) is 35.0 Å². The normalized spacial score (nSPS) is 17.3. The minimum atomic E-state index is 0.0205. The van der Waals surface area contributed by atoms with Crippen LogP contribution in [0.1, 0.15) is 12.1 Å². The van der Waals surface area contributed by atoms with Gasteiger partial charge in [-0.25, -0.2) is 14.8 Å². The van der Waals surface area contributed by atoms with Crippen LogP contribution in [0.25, 0.3) is 26.8 Å². The number of pyridine rings is 1. The molecule has 5 heterocycles. The van der Waals surface area contributed by atoms with E-state index in [1.165, 1.54) is 5.57 Å². The molecule has 1 fully saturated rings. The first-order valence-corrected chi connectivity index (χ1v) is 13.7. The number of H-pyrrole nitrogens is 1. The van der Waals surface area contributed by atoms with Gasteiger partial charge in [-0.05, 0) is 49.4 Å². The number of benzene rings is 1. The topological polar surface area (TPSA) is 92.4 Å². The van der Waals surface area contributed by atoms with Gasteiger partial charge in [0, 0.05) is 75.3 Å². The van der Waals surface area contributed by atoms with Gasteiger partial charge >= 0.3 is 6.03 Å². The van der Waals surface area contributed by atoms with E-state index in [0.29, 0.717) is 19.6 Å². The average Bonchev–Trinajstić information content (AvgIpc) is 3.57. The highest BCUT2D eigenvalue weighted by Crippen LogP contribution is 2.31. The Morgan fingerprint density at radius 3 is 2.84 bits per heavy atom. The first-order chi connectivity index (χ1) is 18.1. The fourth-order valence-electron chi connectivity index (χ4n) is 5.00. The largest absolute Gasteiger partial charge is 0.355 e. The zero-order valence-electron chi connectivity index (χ0n) is 21.0. The van der Waals surface area contributed by atoms with Crippen molar-refractivity contribution in [2.24, 2.45) is 0 Å². The number of nitrogens with zero attached hydrogens (tertiary/aromatic N) is 5. The molecule has 0 aliphatic carbocycles. The monoisotopic (exact) mass is 516 g/mol. The number of aromatic nitrogens is 3.